The monoisotopic (exact) mass is 240 g/mol. The second kappa shape index (κ2) is 5.21. The Morgan fingerprint density at radius 2 is 1.88 bits per heavy atom. The first-order chi connectivity index (χ1) is 8.04. The predicted molar refractivity (Wildman–Crippen MR) is 56.8 cm³/mol. The molecule has 0 aliphatic rings. The molecule has 0 aromatic carbocycles. The van der Waals surface area contributed by atoms with Crippen LogP contribution in [0, 0.1) is 0 Å². The van der Waals surface area contributed by atoms with Gasteiger partial charge in [0.05, 0.1) is 14.2 Å². The number of nitrogens with one attached hydrogen (secondary N) is 1. The number of ketones is 1. The van der Waals surface area contributed by atoms with Crippen LogP contribution < -0.4 is 20.7 Å². The molecule has 0 aliphatic heterocycles. The van der Waals surface area contributed by atoms with Crippen molar-refractivity contribution in [1.82, 2.24) is 15.4 Å². The third-order valence-corrected chi connectivity index (χ3v) is 1.92. The third kappa shape index (κ3) is 2.48. The number of nitrogen functional groups attached to an aromatic ring is 1. The van der Waals surface area contributed by atoms with Gasteiger partial charge in [0, 0.05) is 6.92 Å². The fourth-order valence-electron chi connectivity index (χ4n) is 1.19. The van der Waals surface area contributed by atoms with Crippen molar-refractivity contribution in [2.45, 2.75) is 6.92 Å². The molecule has 1 amide bonds. The van der Waals surface area contributed by atoms with Crippen molar-refractivity contribution in [2.24, 2.45) is 5.84 Å². The zero-order valence-corrected chi connectivity index (χ0v) is 9.60. The minimum Gasteiger partial charge on any atom is -0.480 e. The van der Waals surface area contributed by atoms with E-state index in [4.69, 9.17) is 15.3 Å². The number of Topliss-reactive ketones (excluding diaryl/α,β-unsaturated/α-hetero) is 1. The van der Waals surface area contributed by atoms with Gasteiger partial charge in [-0.15, -0.1) is 0 Å². The maximum absolute atomic E-state index is 11.5. The molecule has 92 valence electrons. The number of hydrogen-bond acceptors (Lipinski definition) is 7. The Morgan fingerprint density at radius 3 is 2.29 bits per heavy atom. The van der Waals surface area contributed by atoms with Crippen molar-refractivity contribution < 1.29 is 19.1 Å². The first-order valence-corrected chi connectivity index (χ1v) is 4.57. The molecule has 0 bridgehead atoms. The Kier molecular flexibility index (Phi) is 3.94. The highest BCUT2D eigenvalue weighted by atomic mass is 16.5. The minimum atomic E-state index is -0.713. The van der Waals surface area contributed by atoms with E-state index in [1.165, 1.54) is 21.1 Å². The van der Waals surface area contributed by atoms with Crippen LogP contribution in [0.15, 0.2) is 0 Å². The third-order valence-electron chi connectivity index (χ3n) is 1.92. The molecule has 0 radical (unpaired) electrons. The number of aromatic nitrogens is 2. The average Bonchev–Trinajstić information content (AvgIpc) is 2.35. The Bertz CT molecular complexity index is 461. The number of hydrazine groups is 1. The van der Waals surface area contributed by atoms with Crippen molar-refractivity contribution in [3.8, 4) is 11.9 Å². The van der Waals surface area contributed by atoms with Gasteiger partial charge in [-0.05, 0) is 0 Å². The smallest absolute Gasteiger partial charge is 0.320 e. The van der Waals surface area contributed by atoms with Crippen LogP contribution in [-0.4, -0.2) is 35.9 Å². The summed E-state index contributed by atoms with van der Waals surface area (Å²) in [7, 11) is 2.64. The molecule has 1 aromatic rings. The first kappa shape index (κ1) is 12.8. The lowest BCUT2D eigenvalue weighted by Crippen LogP contribution is -2.32. The summed E-state index contributed by atoms with van der Waals surface area (Å²) in [5.74, 6) is 3.79. The Labute approximate surface area is 97.1 Å². The van der Waals surface area contributed by atoms with Crippen molar-refractivity contribution in [3.05, 3.63) is 11.3 Å². The summed E-state index contributed by atoms with van der Waals surface area (Å²) in [5.41, 5.74) is 1.66. The van der Waals surface area contributed by atoms with Crippen LogP contribution >= 0.6 is 0 Å². The van der Waals surface area contributed by atoms with Gasteiger partial charge < -0.3 is 9.47 Å². The first-order valence-electron chi connectivity index (χ1n) is 4.57. The molecule has 1 heterocycles. The van der Waals surface area contributed by atoms with Gasteiger partial charge in [0.1, 0.15) is 11.3 Å². The van der Waals surface area contributed by atoms with Crippen LogP contribution in [0.1, 0.15) is 27.8 Å². The zero-order chi connectivity index (χ0) is 13.0. The van der Waals surface area contributed by atoms with E-state index in [9.17, 15) is 9.59 Å². The van der Waals surface area contributed by atoms with E-state index in [1.807, 2.05) is 5.43 Å². The molecular formula is C9H12N4O4. The summed E-state index contributed by atoms with van der Waals surface area (Å²) in [4.78, 5) is 30.5. The summed E-state index contributed by atoms with van der Waals surface area (Å²) in [6.07, 6.45) is 0. The van der Waals surface area contributed by atoms with Crippen molar-refractivity contribution in [2.75, 3.05) is 14.2 Å². The van der Waals surface area contributed by atoms with E-state index in [0.29, 0.717) is 0 Å². The lowest BCUT2D eigenvalue weighted by atomic mass is 10.1. The lowest BCUT2D eigenvalue weighted by molar-refractivity contribution is 0.0931. The van der Waals surface area contributed by atoms with Crippen molar-refractivity contribution in [1.29, 1.82) is 0 Å². The van der Waals surface area contributed by atoms with E-state index >= 15 is 0 Å². The number of carbonyl (C=O) groups excluding carboxylic acids is 2. The molecule has 0 saturated carbocycles. The van der Waals surface area contributed by atoms with E-state index in [0.717, 1.165) is 0 Å². The van der Waals surface area contributed by atoms with E-state index in [2.05, 4.69) is 9.97 Å². The second-order valence-electron chi connectivity index (χ2n) is 2.97. The van der Waals surface area contributed by atoms with Crippen LogP contribution in [0.2, 0.25) is 0 Å². The summed E-state index contributed by atoms with van der Waals surface area (Å²) < 4.78 is 9.70. The van der Waals surface area contributed by atoms with Gasteiger partial charge in [0.25, 0.3) is 5.91 Å². The number of hydrogen-bond donors (Lipinski definition) is 2. The molecule has 3 N–H and O–H groups in total. The number of nitrogens with zero attached hydrogens (tertiary/aromatic N) is 2. The van der Waals surface area contributed by atoms with Crippen LogP contribution in [0.5, 0.6) is 11.9 Å². The molecule has 8 nitrogen and oxygen atoms in total. The zero-order valence-electron chi connectivity index (χ0n) is 9.60. The van der Waals surface area contributed by atoms with Crippen molar-refractivity contribution in [3.63, 3.8) is 0 Å². The molecular weight excluding hydrogens is 228 g/mol. The standard InChI is InChI=1S/C9H12N4O4/c1-4(14)6-5(7(15)13-10)8(16-2)12-9(11-6)17-3/h10H2,1-3H3,(H,13,15). The van der Waals surface area contributed by atoms with Crippen LogP contribution in [0.3, 0.4) is 0 Å². The summed E-state index contributed by atoms with van der Waals surface area (Å²) in [6, 6.07) is -0.0689. The van der Waals surface area contributed by atoms with Gasteiger partial charge in [-0.1, -0.05) is 0 Å². The van der Waals surface area contributed by atoms with Gasteiger partial charge in [-0.2, -0.15) is 9.97 Å². The predicted octanol–water partition coefficient (Wildman–Crippen LogP) is -0.700. The topological polar surface area (TPSA) is 116 Å². The molecule has 0 unspecified atom stereocenters. The van der Waals surface area contributed by atoms with Crippen molar-refractivity contribution >= 4 is 11.7 Å². The molecule has 0 fully saturated rings. The Hall–Kier alpha value is -2.22. The molecule has 0 atom stereocenters. The molecule has 1 aromatic heterocycles. The number of rotatable bonds is 4. The number of amides is 1. The van der Waals surface area contributed by atoms with Gasteiger partial charge in [-0.25, -0.2) is 5.84 Å². The van der Waals surface area contributed by atoms with Crippen LogP contribution in [0.4, 0.5) is 0 Å². The number of ether oxygens (including phenoxy) is 2. The number of nitrogens with two attached hydrogens (primary N) is 1. The Morgan fingerprint density at radius 1 is 1.24 bits per heavy atom. The normalized spacial score (nSPS) is 9.65. The fourth-order valence-corrected chi connectivity index (χ4v) is 1.19. The summed E-state index contributed by atoms with van der Waals surface area (Å²) >= 11 is 0. The number of methoxy groups -OCH3 is 2. The van der Waals surface area contributed by atoms with Crippen LogP contribution in [-0.2, 0) is 0 Å². The molecule has 0 saturated heterocycles. The summed E-state index contributed by atoms with van der Waals surface area (Å²) in [5, 5.41) is 0. The van der Waals surface area contributed by atoms with Gasteiger partial charge >= 0.3 is 6.01 Å². The largest absolute Gasteiger partial charge is 0.480 e. The van der Waals surface area contributed by atoms with Crippen LogP contribution in [0.25, 0.3) is 0 Å². The van der Waals surface area contributed by atoms with Gasteiger partial charge in [-0.3, -0.25) is 15.0 Å². The van der Waals surface area contributed by atoms with Gasteiger partial charge in [0.15, 0.2) is 5.78 Å². The highest BCUT2D eigenvalue weighted by Gasteiger charge is 2.24. The molecule has 8 heteroatoms. The molecule has 1 rings (SSSR count). The summed E-state index contributed by atoms with van der Waals surface area (Å²) in [6.45, 7) is 1.26. The SMILES string of the molecule is COc1nc(OC)c(C(=O)NN)c(C(C)=O)n1. The second-order valence-corrected chi connectivity index (χ2v) is 2.97. The quantitative estimate of drug-likeness (QED) is 0.309. The fraction of sp³-hybridized carbons (Fsp3) is 0.333. The highest BCUT2D eigenvalue weighted by molar-refractivity contribution is 6.07. The maximum atomic E-state index is 11.5. The molecule has 17 heavy (non-hydrogen) atoms. The number of carbonyl (C=O) groups is 2. The average molecular weight is 240 g/mol. The molecule has 0 aliphatic carbocycles. The van der Waals surface area contributed by atoms with E-state index < -0.39 is 11.7 Å². The Balaban J connectivity index is 3.52. The lowest BCUT2D eigenvalue weighted by Gasteiger charge is -2.10. The molecule has 0 spiro atoms. The van der Waals surface area contributed by atoms with E-state index in [-0.39, 0.29) is 23.1 Å². The minimum absolute atomic E-state index is 0.0689. The van der Waals surface area contributed by atoms with E-state index in [1.54, 1.807) is 0 Å². The maximum Gasteiger partial charge on any atom is 0.320 e. The van der Waals surface area contributed by atoms with Gasteiger partial charge in [0.2, 0.25) is 5.88 Å². The highest BCUT2D eigenvalue weighted by Crippen LogP contribution is 2.21.